The molecule has 3 aromatic rings. The van der Waals surface area contributed by atoms with Gasteiger partial charge in [-0.25, -0.2) is 14.5 Å². The van der Waals surface area contributed by atoms with Gasteiger partial charge in [0.25, 0.3) is 5.95 Å². The number of rotatable bonds is 11. The number of hydrogen-bond donors (Lipinski definition) is 3. The van der Waals surface area contributed by atoms with Crippen LogP contribution in [0.5, 0.6) is 11.5 Å². The highest BCUT2D eigenvalue weighted by atomic mass is 16.7. The summed E-state index contributed by atoms with van der Waals surface area (Å²) in [5.74, 6) is 1.48. The van der Waals surface area contributed by atoms with Crippen LogP contribution in [-0.4, -0.2) is 112 Å². The van der Waals surface area contributed by atoms with Crippen molar-refractivity contribution in [3.05, 3.63) is 30.6 Å². The van der Waals surface area contributed by atoms with Crippen LogP contribution in [0.2, 0.25) is 0 Å². The first-order chi connectivity index (χ1) is 27.7. The molecule has 5 fully saturated rings. The number of methoxy groups -OCH3 is 2. The van der Waals surface area contributed by atoms with E-state index >= 15 is 0 Å². The Bertz CT molecular complexity index is 2070. The summed E-state index contributed by atoms with van der Waals surface area (Å²) in [6.07, 6.45) is 5.44. The maximum absolute atomic E-state index is 14.8. The van der Waals surface area contributed by atoms with Gasteiger partial charge in [-0.05, 0) is 88.2 Å². The van der Waals surface area contributed by atoms with Crippen molar-refractivity contribution in [3.63, 3.8) is 0 Å². The predicted octanol–water partition coefficient (Wildman–Crippen LogP) is 5.32. The molecule has 0 radical (unpaired) electrons. The van der Waals surface area contributed by atoms with Crippen molar-refractivity contribution in [2.24, 2.45) is 22.7 Å². The fourth-order valence-electron chi connectivity index (χ4n) is 9.62. The summed E-state index contributed by atoms with van der Waals surface area (Å²) in [5, 5.41) is 14.6. The van der Waals surface area contributed by atoms with Gasteiger partial charge >= 0.3 is 13.2 Å². The molecule has 2 aromatic heterocycles. The van der Waals surface area contributed by atoms with E-state index in [0.717, 1.165) is 12.8 Å². The number of anilines is 1. The molecular formula is C42H61BN8O8. The quantitative estimate of drug-likeness (QED) is 0.213. The number of alkyl carbamates (subject to hydrolysis) is 1. The van der Waals surface area contributed by atoms with Gasteiger partial charge < -0.3 is 44.4 Å². The molecule has 8 atom stereocenters. The number of fused-ring (bicyclic) bond motifs is 1. The first-order valence-corrected chi connectivity index (χ1v) is 20.8. The van der Waals surface area contributed by atoms with Crippen LogP contribution in [0.1, 0.15) is 94.9 Å². The van der Waals surface area contributed by atoms with E-state index in [9.17, 15) is 14.4 Å². The minimum absolute atomic E-state index is 0.0484. The lowest BCUT2D eigenvalue weighted by Gasteiger charge is -2.64. The molecule has 1 unspecified atom stereocenters. The minimum Gasteiger partial charge on any atom is -0.493 e. The van der Waals surface area contributed by atoms with Crippen LogP contribution in [-0.2, 0) is 23.6 Å². The van der Waals surface area contributed by atoms with Gasteiger partial charge in [0.1, 0.15) is 23.5 Å². The lowest BCUT2D eigenvalue weighted by atomic mass is 9.43. The molecule has 1 aromatic carbocycles. The highest BCUT2D eigenvalue weighted by molar-refractivity contribution is 6.47. The molecule has 2 bridgehead atoms. The molecule has 0 spiro atoms. The smallest absolute Gasteiger partial charge is 0.481 e. The summed E-state index contributed by atoms with van der Waals surface area (Å²) in [7, 11) is 2.48. The van der Waals surface area contributed by atoms with Crippen LogP contribution < -0.4 is 25.4 Å². The Kier molecular flexibility index (Phi) is 11.1. The molecule has 3 amide bonds. The molecule has 59 heavy (non-hydrogen) atoms. The second-order valence-electron chi connectivity index (χ2n) is 19.4. The number of hydrogen-bond acceptors (Lipinski definition) is 12. The van der Waals surface area contributed by atoms with Gasteiger partial charge in [0.2, 0.25) is 11.8 Å². The van der Waals surface area contributed by atoms with Crippen molar-refractivity contribution in [1.29, 1.82) is 0 Å². The SMILES string of the molecule is CC[C@H](NC(=O)[C@@H]1C[C@@H](Nc2nc(-n3cccn3)nc3cc(OC)c(OC)cc23)CN1C(=O)[C@@H](NC(=O)OC(C)(C)C)C(C)(C)C)B1OC2C[C@@H]3C[C@@H](C3(C)C)[C@]2(C)O1. The lowest BCUT2D eigenvalue weighted by Crippen LogP contribution is -2.65. The van der Waals surface area contributed by atoms with Gasteiger partial charge in [0.05, 0.1) is 37.4 Å². The molecule has 3 N–H and O–H groups in total. The van der Waals surface area contributed by atoms with Gasteiger partial charge in [-0.15, -0.1) is 0 Å². The molecule has 17 heteroatoms. The Morgan fingerprint density at radius 1 is 1.00 bits per heavy atom. The van der Waals surface area contributed by atoms with Gasteiger partial charge in [-0.2, -0.15) is 10.1 Å². The zero-order valence-electron chi connectivity index (χ0n) is 36.5. The normalized spacial score (nSPS) is 27.0. The van der Waals surface area contributed by atoms with Crippen molar-refractivity contribution in [2.45, 2.75) is 136 Å². The van der Waals surface area contributed by atoms with Crippen molar-refractivity contribution >= 4 is 41.7 Å². The Labute approximate surface area is 347 Å². The van der Waals surface area contributed by atoms with Crippen LogP contribution >= 0.6 is 0 Å². The summed E-state index contributed by atoms with van der Waals surface area (Å²) in [6.45, 7) is 19.8. The average Bonchev–Trinajstić information content (AvgIpc) is 3.93. The minimum atomic E-state index is -1.02. The predicted molar refractivity (Wildman–Crippen MR) is 222 cm³/mol. The van der Waals surface area contributed by atoms with Crippen LogP contribution in [0.4, 0.5) is 10.6 Å². The summed E-state index contributed by atoms with van der Waals surface area (Å²) in [4.78, 5) is 53.9. The van der Waals surface area contributed by atoms with E-state index in [2.05, 4.69) is 41.8 Å². The Morgan fingerprint density at radius 2 is 1.71 bits per heavy atom. The summed E-state index contributed by atoms with van der Waals surface area (Å²) in [5.41, 5.74) is -1.23. The fraction of sp³-hybridized carbons (Fsp3) is 0.667. The molecule has 3 saturated carbocycles. The lowest BCUT2D eigenvalue weighted by molar-refractivity contribution is -0.199. The second kappa shape index (κ2) is 15.4. The third kappa shape index (κ3) is 8.04. The third-order valence-electron chi connectivity index (χ3n) is 13.0. The Balaban J connectivity index is 1.20. The maximum atomic E-state index is 14.8. The van der Waals surface area contributed by atoms with Gasteiger partial charge in [0, 0.05) is 36.4 Å². The monoisotopic (exact) mass is 816 g/mol. The number of likely N-dealkylation sites (tertiary alicyclic amines) is 1. The number of ether oxygens (including phenoxy) is 3. The third-order valence-corrected chi connectivity index (χ3v) is 13.0. The zero-order valence-corrected chi connectivity index (χ0v) is 36.5. The summed E-state index contributed by atoms with van der Waals surface area (Å²) in [6, 6.07) is 2.95. The Morgan fingerprint density at radius 3 is 2.32 bits per heavy atom. The zero-order chi connectivity index (χ0) is 42.8. The fourth-order valence-corrected chi connectivity index (χ4v) is 9.62. The number of nitrogens with zero attached hydrogens (tertiary/aromatic N) is 5. The average molecular weight is 817 g/mol. The number of carbonyl (C=O) groups excluding carboxylic acids is 3. The summed E-state index contributed by atoms with van der Waals surface area (Å²) >= 11 is 0. The van der Waals surface area contributed by atoms with Crippen molar-refractivity contribution in [3.8, 4) is 17.4 Å². The standard InChI is InChI=1S/C42H61BN8O8/c1-13-32(43-58-31-18-23-17-30(41(23,8)9)42(31,10)59-43)47-35(52)27-19-24(22-50(27)36(53)33(39(2,3)4)48-38(54)57-40(5,6)7)45-34-25-20-28(55-11)29(56-12)21-26(25)46-37(49-34)51-16-14-15-44-51/h14-16,20-21,23-24,27,30-33H,13,17-19,22H2,1-12H3,(H,47,52)(H,48,54)(H,45,46,49)/t23-,24+,27-,30-,31?,32-,33+,42-/m0/s1. The number of carbonyl (C=O) groups is 3. The molecule has 8 rings (SSSR count). The van der Waals surface area contributed by atoms with Crippen molar-refractivity contribution in [2.75, 3.05) is 26.1 Å². The van der Waals surface area contributed by atoms with E-state index in [1.807, 2.05) is 27.7 Å². The maximum Gasteiger partial charge on any atom is 0.481 e. The van der Waals surface area contributed by atoms with E-state index in [4.69, 9.17) is 33.5 Å². The molecule has 3 aliphatic carbocycles. The highest BCUT2D eigenvalue weighted by Gasteiger charge is 2.68. The van der Waals surface area contributed by atoms with Crippen LogP contribution in [0.3, 0.4) is 0 Å². The molecule has 320 valence electrons. The van der Waals surface area contributed by atoms with Gasteiger partial charge in [-0.3, -0.25) is 9.59 Å². The first-order valence-electron chi connectivity index (χ1n) is 20.8. The number of aromatic nitrogens is 4. The second-order valence-corrected chi connectivity index (χ2v) is 19.4. The molecule has 4 heterocycles. The molecule has 16 nitrogen and oxygen atoms in total. The largest absolute Gasteiger partial charge is 0.493 e. The molecule has 2 aliphatic heterocycles. The highest BCUT2D eigenvalue weighted by Crippen LogP contribution is 2.65. The summed E-state index contributed by atoms with van der Waals surface area (Å²) < 4.78 is 31.7. The van der Waals surface area contributed by atoms with E-state index in [0.29, 0.717) is 52.4 Å². The first kappa shape index (κ1) is 42.5. The number of nitrogens with one attached hydrogen (secondary N) is 3. The van der Waals surface area contributed by atoms with Gasteiger partial charge in [-0.1, -0.05) is 41.5 Å². The van der Waals surface area contributed by atoms with Crippen LogP contribution in [0, 0.1) is 22.7 Å². The Hall–Kier alpha value is -4.64. The van der Waals surface area contributed by atoms with Crippen LogP contribution in [0.25, 0.3) is 16.9 Å². The van der Waals surface area contributed by atoms with E-state index in [1.165, 1.54) is 0 Å². The van der Waals surface area contributed by atoms with E-state index < -0.39 is 59.8 Å². The molecular weight excluding hydrogens is 755 g/mol. The molecule has 5 aliphatic rings. The number of benzene rings is 1. The van der Waals surface area contributed by atoms with Crippen LogP contribution in [0.15, 0.2) is 30.6 Å². The molecule has 2 saturated heterocycles. The van der Waals surface area contributed by atoms with Crippen molar-refractivity contribution in [1.82, 2.24) is 35.3 Å². The van der Waals surface area contributed by atoms with Gasteiger partial charge in [0.15, 0.2) is 11.5 Å². The topological polar surface area (TPSA) is 180 Å². The van der Waals surface area contributed by atoms with E-state index in [-0.39, 0.29) is 30.4 Å². The number of amides is 3. The van der Waals surface area contributed by atoms with E-state index in [1.54, 1.807) is 75.2 Å². The van der Waals surface area contributed by atoms with Crippen molar-refractivity contribution < 1.29 is 37.9 Å².